The standard InChI is InChI=1S/C11H11ClN6/c1-3-8-7(5-17(2)16-8)11-15-14-10-4-9(12)13-6-18(10)11/h4-6H,3H2,1-2H3. The van der Waals surface area contributed by atoms with Crippen LogP contribution in [0.3, 0.4) is 0 Å². The Morgan fingerprint density at radius 1 is 1.33 bits per heavy atom. The second-order valence-corrected chi connectivity index (χ2v) is 4.37. The lowest BCUT2D eigenvalue weighted by Gasteiger charge is -1.98. The Bertz CT molecular complexity index is 713. The summed E-state index contributed by atoms with van der Waals surface area (Å²) >= 11 is 5.83. The van der Waals surface area contributed by atoms with Crippen LogP contribution in [0.15, 0.2) is 18.6 Å². The number of aromatic nitrogens is 6. The van der Waals surface area contributed by atoms with E-state index >= 15 is 0 Å². The Hall–Kier alpha value is -1.95. The van der Waals surface area contributed by atoms with Crippen molar-refractivity contribution in [2.24, 2.45) is 7.05 Å². The zero-order valence-corrected chi connectivity index (χ0v) is 10.8. The van der Waals surface area contributed by atoms with Crippen LogP contribution >= 0.6 is 11.6 Å². The van der Waals surface area contributed by atoms with Gasteiger partial charge in [0, 0.05) is 19.3 Å². The summed E-state index contributed by atoms with van der Waals surface area (Å²) in [5, 5.41) is 13.1. The van der Waals surface area contributed by atoms with Crippen molar-refractivity contribution in [3.8, 4) is 11.4 Å². The lowest BCUT2D eigenvalue weighted by molar-refractivity contribution is 0.746. The maximum Gasteiger partial charge on any atom is 0.173 e. The minimum atomic E-state index is 0.406. The van der Waals surface area contributed by atoms with Crippen LogP contribution < -0.4 is 0 Å². The van der Waals surface area contributed by atoms with Crippen molar-refractivity contribution in [1.82, 2.24) is 29.4 Å². The lowest BCUT2D eigenvalue weighted by atomic mass is 10.2. The molecule has 3 aromatic heterocycles. The summed E-state index contributed by atoms with van der Waals surface area (Å²) in [6.45, 7) is 2.06. The molecule has 0 aliphatic carbocycles. The fourth-order valence-corrected chi connectivity index (χ4v) is 2.08. The minimum absolute atomic E-state index is 0.406. The van der Waals surface area contributed by atoms with E-state index in [9.17, 15) is 0 Å². The van der Waals surface area contributed by atoms with Crippen molar-refractivity contribution >= 4 is 17.2 Å². The van der Waals surface area contributed by atoms with Crippen LogP contribution in [0.4, 0.5) is 0 Å². The number of nitrogens with zero attached hydrogens (tertiary/aromatic N) is 6. The van der Waals surface area contributed by atoms with E-state index in [4.69, 9.17) is 11.6 Å². The lowest BCUT2D eigenvalue weighted by Crippen LogP contribution is -1.93. The third-order valence-electron chi connectivity index (χ3n) is 2.75. The van der Waals surface area contributed by atoms with Crippen LogP contribution in [0.5, 0.6) is 0 Å². The molecule has 6 nitrogen and oxygen atoms in total. The summed E-state index contributed by atoms with van der Waals surface area (Å²) in [7, 11) is 1.89. The van der Waals surface area contributed by atoms with E-state index in [1.807, 2.05) is 17.6 Å². The van der Waals surface area contributed by atoms with Crippen LogP contribution in [0.1, 0.15) is 12.6 Å². The molecule has 0 amide bonds. The molecular formula is C11H11ClN6. The van der Waals surface area contributed by atoms with Crippen LogP contribution in [-0.2, 0) is 13.5 Å². The second-order valence-electron chi connectivity index (χ2n) is 3.98. The van der Waals surface area contributed by atoms with Gasteiger partial charge in [0.25, 0.3) is 0 Å². The van der Waals surface area contributed by atoms with Crippen molar-refractivity contribution in [1.29, 1.82) is 0 Å². The molecule has 0 aliphatic heterocycles. The summed E-state index contributed by atoms with van der Waals surface area (Å²) in [5.41, 5.74) is 2.63. The Kier molecular flexibility index (Phi) is 2.52. The quantitative estimate of drug-likeness (QED) is 0.660. The highest BCUT2D eigenvalue weighted by molar-refractivity contribution is 6.29. The topological polar surface area (TPSA) is 60.9 Å². The molecule has 0 atom stereocenters. The highest BCUT2D eigenvalue weighted by Gasteiger charge is 2.15. The summed E-state index contributed by atoms with van der Waals surface area (Å²) in [6, 6.07) is 1.68. The number of hydrogen-bond donors (Lipinski definition) is 0. The first-order valence-electron chi connectivity index (χ1n) is 5.58. The van der Waals surface area contributed by atoms with Gasteiger partial charge >= 0.3 is 0 Å². The zero-order chi connectivity index (χ0) is 12.7. The molecule has 0 aliphatic rings. The Balaban J connectivity index is 2.25. The SMILES string of the molecule is CCc1nn(C)cc1-c1nnc2cc(Cl)ncn12. The smallest absolute Gasteiger partial charge is 0.173 e. The molecule has 3 aromatic rings. The highest BCUT2D eigenvalue weighted by atomic mass is 35.5. The van der Waals surface area contributed by atoms with Crippen LogP contribution in [0.25, 0.3) is 17.0 Å². The van der Waals surface area contributed by atoms with Gasteiger partial charge in [-0.2, -0.15) is 5.10 Å². The summed E-state index contributed by atoms with van der Waals surface area (Å²) in [5.74, 6) is 0.735. The zero-order valence-electron chi connectivity index (χ0n) is 10.0. The maximum absolute atomic E-state index is 5.83. The predicted molar refractivity (Wildman–Crippen MR) is 67.4 cm³/mol. The van der Waals surface area contributed by atoms with Crippen molar-refractivity contribution in [3.05, 3.63) is 29.4 Å². The minimum Gasteiger partial charge on any atom is -0.275 e. The molecule has 0 aromatic carbocycles. The fourth-order valence-electron chi connectivity index (χ4n) is 1.94. The van der Waals surface area contributed by atoms with Gasteiger partial charge in [-0.15, -0.1) is 10.2 Å². The Morgan fingerprint density at radius 2 is 2.17 bits per heavy atom. The molecule has 3 rings (SSSR count). The normalized spacial score (nSPS) is 11.3. The first kappa shape index (κ1) is 11.2. The number of rotatable bonds is 2. The van der Waals surface area contributed by atoms with Crippen molar-refractivity contribution in [3.63, 3.8) is 0 Å². The third kappa shape index (κ3) is 1.65. The van der Waals surface area contributed by atoms with E-state index in [-0.39, 0.29) is 0 Å². The second kappa shape index (κ2) is 4.06. The molecule has 0 radical (unpaired) electrons. The van der Waals surface area contributed by atoms with Gasteiger partial charge in [0.05, 0.1) is 11.3 Å². The monoisotopic (exact) mass is 262 g/mol. The van der Waals surface area contributed by atoms with Gasteiger partial charge in [0.2, 0.25) is 0 Å². The molecule has 0 unspecified atom stereocenters. The molecule has 0 bridgehead atoms. The van der Waals surface area contributed by atoms with Crippen LogP contribution in [0, 0.1) is 0 Å². The van der Waals surface area contributed by atoms with Crippen molar-refractivity contribution < 1.29 is 0 Å². The first-order valence-corrected chi connectivity index (χ1v) is 5.96. The van der Waals surface area contributed by atoms with Gasteiger partial charge in [-0.1, -0.05) is 18.5 Å². The molecule has 0 saturated carbocycles. The van der Waals surface area contributed by atoms with Gasteiger partial charge in [-0.25, -0.2) is 4.98 Å². The number of aryl methyl sites for hydroxylation is 2. The van der Waals surface area contributed by atoms with E-state index < -0.39 is 0 Å². The van der Waals surface area contributed by atoms with E-state index in [0.717, 1.165) is 23.5 Å². The number of hydrogen-bond acceptors (Lipinski definition) is 4. The van der Waals surface area contributed by atoms with Crippen molar-refractivity contribution in [2.45, 2.75) is 13.3 Å². The van der Waals surface area contributed by atoms with Gasteiger partial charge in [0.15, 0.2) is 11.5 Å². The third-order valence-corrected chi connectivity index (χ3v) is 2.95. The molecule has 0 spiro atoms. The predicted octanol–water partition coefficient (Wildman–Crippen LogP) is 1.74. The highest BCUT2D eigenvalue weighted by Crippen LogP contribution is 2.22. The van der Waals surface area contributed by atoms with Gasteiger partial charge < -0.3 is 0 Å². The summed E-state index contributed by atoms with van der Waals surface area (Å²) in [6.07, 6.45) is 4.40. The molecule has 7 heteroatoms. The van der Waals surface area contributed by atoms with E-state index in [0.29, 0.717) is 10.8 Å². The number of halogens is 1. The maximum atomic E-state index is 5.83. The molecular weight excluding hydrogens is 252 g/mol. The molecule has 92 valence electrons. The Morgan fingerprint density at radius 3 is 2.94 bits per heavy atom. The van der Waals surface area contributed by atoms with Gasteiger partial charge in [0.1, 0.15) is 11.5 Å². The summed E-state index contributed by atoms with van der Waals surface area (Å²) in [4.78, 5) is 4.05. The molecule has 0 fully saturated rings. The average Bonchev–Trinajstić information content (AvgIpc) is 2.91. The molecule has 0 N–H and O–H groups in total. The van der Waals surface area contributed by atoms with Gasteiger partial charge in [-0.05, 0) is 6.42 Å². The van der Waals surface area contributed by atoms with Crippen molar-refractivity contribution in [2.75, 3.05) is 0 Å². The molecule has 0 saturated heterocycles. The molecule has 3 heterocycles. The Labute approximate surface area is 108 Å². The van der Waals surface area contributed by atoms with Gasteiger partial charge in [-0.3, -0.25) is 9.08 Å². The first-order chi connectivity index (χ1) is 8.69. The fraction of sp³-hybridized carbons (Fsp3) is 0.273. The van der Waals surface area contributed by atoms with E-state index in [2.05, 4.69) is 27.2 Å². The van der Waals surface area contributed by atoms with Crippen LogP contribution in [0.2, 0.25) is 5.15 Å². The van der Waals surface area contributed by atoms with Crippen LogP contribution in [-0.4, -0.2) is 29.4 Å². The van der Waals surface area contributed by atoms with E-state index in [1.54, 1.807) is 17.1 Å². The average molecular weight is 263 g/mol. The summed E-state index contributed by atoms with van der Waals surface area (Å²) < 4.78 is 3.58. The molecule has 18 heavy (non-hydrogen) atoms. The largest absolute Gasteiger partial charge is 0.275 e. The number of fused-ring (bicyclic) bond motifs is 1. The van der Waals surface area contributed by atoms with E-state index in [1.165, 1.54) is 0 Å².